The van der Waals surface area contributed by atoms with Crippen molar-refractivity contribution in [1.29, 1.82) is 0 Å². The molecule has 1 fully saturated rings. The van der Waals surface area contributed by atoms with Crippen molar-refractivity contribution >= 4 is 47.2 Å². The first-order chi connectivity index (χ1) is 18.0. The van der Waals surface area contributed by atoms with Crippen molar-refractivity contribution in [3.05, 3.63) is 87.9 Å². The van der Waals surface area contributed by atoms with E-state index in [-0.39, 0.29) is 12.5 Å². The van der Waals surface area contributed by atoms with Gasteiger partial charge in [0.15, 0.2) is 18.1 Å². The maximum atomic E-state index is 12.2. The Hall–Kier alpha value is -2.81. The summed E-state index contributed by atoms with van der Waals surface area (Å²) < 4.78 is 17.8. The molecule has 1 aliphatic rings. The molecule has 0 spiro atoms. The van der Waals surface area contributed by atoms with E-state index in [9.17, 15) is 4.79 Å². The lowest BCUT2D eigenvalue weighted by molar-refractivity contribution is -0.123. The number of hydrogen-bond acceptors (Lipinski definition) is 7. The minimum Gasteiger partial charge on any atom is -0.490 e. The molecule has 1 amide bonds. The number of halogens is 1. The summed E-state index contributed by atoms with van der Waals surface area (Å²) in [5.74, 6) is 3.62. The molecule has 0 bridgehead atoms. The Balaban J connectivity index is 1.30. The van der Waals surface area contributed by atoms with Crippen LogP contribution < -0.4 is 19.6 Å². The lowest BCUT2D eigenvalue weighted by atomic mass is 10.1. The number of benzene rings is 3. The van der Waals surface area contributed by atoms with Crippen LogP contribution in [0.3, 0.4) is 0 Å². The van der Waals surface area contributed by atoms with Crippen molar-refractivity contribution < 1.29 is 19.0 Å². The van der Waals surface area contributed by atoms with Gasteiger partial charge in [-0.25, -0.2) is 5.43 Å². The first kappa shape index (κ1) is 27.2. The molecule has 0 radical (unpaired) electrons. The summed E-state index contributed by atoms with van der Waals surface area (Å²) in [6.07, 6.45) is 1.50. The first-order valence-corrected chi connectivity index (χ1v) is 14.4. The van der Waals surface area contributed by atoms with Gasteiger partial charge in [-0.05, 0) is 54.8 Å². The molecule has 1 aliphatic heterocycles. The summed E-state index contributed by atoms with van der Waals surface area (Å²) in [7, 11) is 0. The second-order valence-corrected chi connectivity index (χ2v) is 11.4. The van der Waals surface area contributed by atoms with Crippen LogP contribution in [-0.2, 0) is 11.4 Å². The smallest absolute Gasteiger partial charge is 0.277 e. The number of nitrogens with one attached hydrogen (secondary N) is 1. The average Bonchev–Trinajstić information content (AvgIpc) is 3.43. The van der Waals surface area contributed by atoms with E-state index in [1.54, 1.807) is 12.1 Å². The summed E-state index contributed by atoms with van der Waals surface area (Å²) in [5.41, 5.74) is 6.61. The maximum Gasteiger partial charge on any atom is 0.277 e. The van der Waals surface area contributed by atoms with Crippen LogP contribution >= 0.6 is 35.1 Å². The number of carbonyl (C=O) groups excluding carboxylic acids is 1. The van der Waals surface area contributed by atoms with Gasteiger partial charge in [-0.3, -0.25) is 4.79 Å². The lowest BCUT2D eigenvalue weighted by Crippen LogP contribution is -2.24. The SMILES string of the molecule is CCOc1cc(/C=N\NC(=O)COc2ccc(C3SCCS3)cc2)cc(Cl)c1OCc1cccc(C)c1. The second-order valence-electron chi connectivity index (χ2n) is 8.27. The third kappa shape index (κ3) is 8.09. The van der Waals surface area contributed by atoms with Gasteiger partial charge >= 0.3 is 0 Å². The van der Waals surface area contributed by atoms with Crippen LogP contribution in [0.5, 0.6) is 17.2 Å². The zero-order valence-electron chi connectivity index (χ0n) is 20.7. The summed E-state index contributed by atoms with van der Waals surface area (Å²) in [4.78, 5) is 12.2. The number of aryl methyl sites for hydroxylation is 1. The molecular formula is C28H29ClN2O4S2. The molecule has 0 aromatic heterocycles. The Bertz CT molecular complexity index is 1230. The lowest BCUT2D eigenvalue weighted by Gasteiger charge is -2.14. The first-order valence-electron chi connectivity index (χ1n) is 11.9. The van der Waals surface area contributed by atoms with Gasteiger partial charge in [-0.15, -0.1) is 23.5 Å². The highest BCUT2D eigenvalue weighted by atomic mass is 35.5. The summed E-state index contributed by atoms with van der Waals surface area (Å²) >= 11 is 10.4. The third-order valence-corrected chi connectivity index (χ3v) is 8.73. The maximum absolute atomic E-state index is 12.2. The molecule has 1 heterocycles. The largest absolute Gasteiger partial charge is 0.490 e. The Kier molecular flexibility index (Phi) is 10.0. The average molecular weight is 557 g/mol. The predicted molar refractivity (Wildman–Crippen MR) is 153 cm³/mol. The highest BCUT2D eigenvalue weighted by Gasteiger charge is 2.18. The van der Waals surface area contributed by atoms with Gasteiger partial charge in [0, 0.05) is 11.5 Å². The number of thioether (sulfide) groups is 2. The second kappa shape index (κ2) is 13.7. The molecule has 0 saturated carbocycles. The van der Waals surface area contributed by atoms with Crippen LogP contribution in [0.2, 0.25) is 5.02 Å². The highest BCUT2D eigenvalue weighted by molar-refractivity contribution is 8.19. The molecule has 3 aromatic rings. The molecule has 0 atom stereocenters. The van der Waals surface area contributed by atoms with Crippen LogP contribution in [0.25, 0.3) is 0 Å². The summed E-state index contributed by atoms with van der Waals surface area (Å²) in [6, 6.07) is 19.5. The van der Waals surface area contributed by atoms with Gasteiger partial charge in [0.1, 0.15) is 12.4 Å². The number of amides is 1. The molecule has 1 N–H and O–H groups in total. The van der Waals surface area contributed by atoms with E-state index in [4.69, 9.17) is 25.8 Å². The number of nitrogens with zero attached hydrogens (tertiary/aromatic N) is 1. The molecule has 6 nitrogen and oxygen atoms in total. The molecule has 0 unspecified atom stereocenters. The Labute approximate surface area is 231 Å². The molecule has 4 rings (SSSR count). The van der Waals surface area contributed by atoms with Gasteiger partial charge in [0.05, 0.1) is 22.4 Å². The van der Waals surface area contributed by atoms with E-state index in [2.05, 4.69) is 28.7 Å². The summed E-state index contributed by atoms with van der Waals surface area (Å²) in [5, 5.41) is 4.43. The molecular weight excluding hydrogens is 528 g/mol. The Morgan fingerprint density at radius 2 is 1.86 bits per heavy atom. The van der Waals surface area contributed by atoms with Crippen LogP contribution in [-0.4, -0.2) is 36.8 Å². The van der Waals surface area contributed by atoms with Crippen LogP contribution in [0.1, 0.15) is 33.8 Å². The molecule has 194 valence electrons. The van der Waals surface area contributed by atoms with Crippen LogP contribution in [0, 0.1) is 6.92 Å². The van der Waals surface area contributed by atoms with Gasteiger partial charge < -0.3 is 14.2 Å². The number of carbonyl (C=O) groups is 1. The zero-order chi connectivity index (χ0) is 26.0. The van der Waals surface area contributed by atoms with Gasteiger partial charge in [0.25, 0.3) is 5.91 Å². The van der Waals surface area contributed by atoms with E-state index in [1.807, 2.05) is 67.7 Å². The van der Waals surface area contributed by atoms with Crippen molar-refractivity contribution in [2.75, 3.05) is 24.7 Å². The van der Waals surface area contributed by atoms with Crippen molar-refractivity contribution in [2.45, 2.75) is 25.0 Å². The van der Waals surface area contributed by atoms with Crippen molar-refractivity contribution in [2.24, 2.45) is 5.10 Å². The molecule has 3 aromatic carbocycles. The van der Waals surface area contributed by atoms with E-state index in [0.29, 0.717) is 45.6 Å². The van der Waals surface area contributed by atoms with Gasteiger partial charge in [-0.1, -0.05) is 53.6 Å². The van der Waals surface area contributed by atoms with E-state index < -0.39 is 0 Å². The number of hydrogen-bond donors (Lipinski definition) is 1. The fourth-order valence-electron chi connectivity index (χ4n) is 3.65. The minimum atomic E-state index is -0.364. The summed E-state index contributed by atoms with van der Waals surface area (Å²) in [6.45, 7) is 4.60. The van der Waals surface area contributed by atoms with Crippen molar-refractivity contribution in [3.8, 4) is 17.2 Å². The quantitative estimate of drug-likeness (QED) is 0.211. The topological polar surface area (TPSA) is 69.2 Å². The highest BCUT2D eigenvalue weighted by Crippen LogP contribution is 2.45. The van der Waals surface area contributed by atoms with Crippen molar-refractivity contribution in [1.82, 2.24) is 5.43 Å². The fraction of sp³-hybridized carbons (Fsp3) is 0.286. The standard InChI is InChI=1S/C28H29ClN2O4S2/c1-3-33-25-15-21(14-24(29)27(25)35-17-20-6-4-5-19(2)13-20)16-30-31-26(32)18-34-23-9-7-22(8-10-23)28-36-11-12-37-28/h4-10,13-16,28H,3,11-12,17-18H2,1-2H3,(H,31,32)/b30-16-. The van der Waals surface area contributed by atoms with Crippen LogP contribution in [0.4, 0.5) is 0 Å². The fourth-order valence-corrected chi connectivity index (χ4v) is 6.79. The molecule has 0 aliphatic carbocycles. The number of rotatable bonds is 11. The van der Waals surface area contributed by atoms with E-state index in [1.165, 1.54) is 23.3 Å². The molecule has 1 saturated heterocycles. The van der Waals surface area contributed by atoms with Crippen molar-refractivity contribution in [3.63, 3.8) is 0 Å². The molecule has 9 heteroatoms. The monoisotopic (exact) mass is 556 g/mol. The predicted octanol–water partition coefficient (Wildman–Crippen LogP) is 6.63. The van der Waals surface area contributed by atoms with E-state index in [0.717, 1.165) is 11.1 Å². The van der Waals surface area contributed by atoms with Crippen LogP contribution in [0.15, 0.2) is 65.8 Å². The Morgan fingerprint density at radius 3 is 2.59 bits per heavy atom. The third-order valence-electron chi connectivity index (χ3n) is 5.34. The zero-order valence-corrected chi connectivity index (χ0v) is 23.1. The molecule has 37 heavy (non-hydrogen) atoms. The number of hydrazone groups is 1. The van der Waals surface area contributed by atoms with E-state index >= 15 is 0 Å². The normalized spacial score (nSPS) is 13.6. The van der Waals surface area contributed by atoms with Gasteiger partial charge in [0.2, 0.25) is 0 Å². The Morgan fingerprint density at radius 1 is 1.08 bits per heavy atom. The van der Waals surface area contributed by atoms with Gasteiger partial charge in [-0.2, -0.15) is 5.10 Å². The number of ether oxygens (including phenoxy) is 3. The minimum absolute atomic E-state index is 0.139.